The van der Waals surface area contributed by atoms with Gasteiger partial charge in [0, 0.05) is 17.3 Å². The molecule has 1 saturated carbocycles. The van der Waals surface area contributed by atoms with Crippen molar-refractivity contribution in [2.75, 3.05) is 5.32 Å². The molecule has 0 heterocycles. The fraction of sp³-hybridized carbons (Fsp3) is 0.211. The van der Waals surface area contributed by atoms with Gasteiger partial charge < -0.3 is 10.4 Å². The topological polar surface area (TPSA) is 49.3 Å². The van der Waals surface area contributed by atoms with Gasteiger partial charge in [-0.1, -0.05) is 24.3 Å². The van der Waals surface area contributed by atoms with Crippen LogP contribution in [0.1, 0.15) is 29.9 Å². The Labute approximate surface area is 133 Å². The van der Waals surface area contributed by atoms with Gasteiger partial charge in [-0.3, -0.25) is 4.79 Å². The lowest BCUT2D eigenvalue weighted by molar-refractivity contribution is -0.143. The molecule has 116 valence electrons. The van der Waals surface area contributed by atoms with Crippen molar-refractivity contribution in [1.82, 2.24) is 0 Å². The number of anilines is 1. The smallest absolute Gasteiger partial charge is 0.310 e. The van der Waals surface area contributed by atoms with Crippen LogP contribution in [0.4, 0.5) is 10.1 Å². The molecule has 0 aromatic heterocycles. The van der Waals surface area contributed by atoms with E-state index in [-0.39, 0.29) is 11.7 Å². The van der Waals surface area contributed by atoms with E-state index in [1.165, 1.54) is 12.1 Å². The minimum atomic E-state index is -0.744. The van der Waals surface area contributed by atoms with Crippen LogP contribution in [-0.2, 0) is 4.79 Å². The zero-order valence-electron chi connectivity index (χ0n) is 12.4. The van der Waals surface area contributed by atoms with Gasteiger partial charge in [0.25, 0.3) is 0 Å². The van der Waals surface area contributed by atoms with Crippen LogP contribution in [0.25, 0.3) is 6.08 Å². The lowest BCUT2D eigenvalue weighted by Gasteiger charge is -2.24. The first-order valence-electron chi connectivity index (χ1n) is 7.67. The van der Waals surface area contributed by atoms with E-state index in [9.17, 15) is 14.3 Å². The highest BCUT2D eigenvalue weighted by Gasteiger charge is 2.59. The second kappa shape index (κ2) is 4.95. The van der Waals surface area contributed by atoms with Crippen LogP contribution in [0.2, 0.25) is 0 Å². The molecule has 0 spiro atoms. The van der Waals surface area contributed by atoms with Crippen LogP contribution >= 0.6 is 0 Å². The third-order valence-electron chi connectivity index (χ3n) is 4.83. The molecule has 2 N–H and O–H groups in total. The molecule has 23 heavy (non-hydrogen) atoms. The van der Waals surface area contributed by atoms with Gasteiger partial charge in [0.1, 0.15) is 5.82 Å². The zero-order valence-corrected chi connectivity index (χ0v) is 12.4. The minimum absolute atomic E-state index is 0.179. The SMILES string of the molecule is O=C(O)C1(C2C(Nc3ccc(F)cc3)=Cc3ccccc32)CC1. The molecule has 1 fully saturated rings. The van der Waals surface area contributed by atoms with E-state index in [2.05, 4.69) is 5.32 Å². The number of carboxylic acid groups (broad SMARTS) is 1. The predicted molar refractivity (Wildman–Crippen MR) is 86.5 cm³/mol. The van der Waals surface area contributed by atoms with Gasteiger partial charge in [-0.05, 0) is 54.3 Å². The Morgan fingerprint density at radius 3 is 2.48 bits per heavy atom. The van der Waals surface area contributed by atoms with Gasteiger partial charge >= 0.3 is 5.97 Å². The highest BCUT2D eigenvalue weighted by Crippen LogP contribution is 2.61. The van der Waals surface area contributed by atoms with Crippen LogP contribution in [0.3, 0.4) is 0 Å². The number of halogens is 1. The van der Waals surface area contributed by atoms with Crippen molar-refractivity contribution in [3.63, 3.8) is 0 Å². The van der Waals surface area contributed by atoms with Gasteiger partial charge in [0.05, 0.1) is 5.41 Å². The quantitative estimate of drug-likeness (QED) is 0.888. The lowest BCUT2D eigenvalue weighted by atomic mass is 9.83. The molecule has 3 nitrogen and oxygen atoms in total. The van der Waals surface area contributed by atoms with Crippen LogP contribution in [0.15, 0.2) is 54.2 Å². The summed E-state index contributed by atoms with van der Waals surface area (Å²) in [6, 6.07) is 14.0. The fourth-order valence-electron chi connectivity index (χ4n) is 3.49. The van der Waals surface area contributed by atoms with Gasteiger partial charge in [-0.15, -0.1) is 0 Å². The van der Waals surface area contributed by atoms with E-state index in [4.69, 9.17) is 0 Å². The Hall–Kier alpha value is -2.62. The molecule has 0 bridgehead atoms. The van der Waals surface area contributed by atoms with Gasteiger partial charge in [-0.25, -0.2) is 4.39 Å². The maximum Gasteiger partial charge on any atom is 0.310 e. The van der Waals surface area contributed by atoms with Gasteiger partial charge in [-0.2, -0.15) is 0 Å². The largest absolute Gasteiger partial charge is 0.481 e. The first-order chi connectivity index (χ1) is 11.1. The monoisotopic (exact) mass is 309 g/mol. The van der Waals surface area contributed by atoms with E-state index in [1.54, 1.807) is 12.1 Å². The van der Waals surface area contributed by atoms with E-state index < -0.39 is 11.4 Å². The molecule has 2 aliphatic rings. The second-order valence-electron chi connectivity index (χ2n) is 6.25. The third-order valence-corrected chi connectivity index (χ3v) is 4.83. The molecule has 4 rings (SSSR count). The molecule has 1 unspecified atom stereocenters. The molecule has 2 aromatic rings. The van der Waals surface area contributed by atoms with Crippen molar-refractivity contribution in [3.05, 3.63) is 71.2 Å². The number of carboxylic acids is 1. The van der Waals surface area contributed by atoms with Crippen molar-refractivity contribution < 1.29 is 14.3 Å². The molecular weight excluding hydrogens is 293 g/mol. The summed E-state index contributed by atoms with van der Waals surface area (Å²) in [4.78, 5) is 11.8. The molecule has 0 aliphatic heterocycles. The molecule has 0 radical (unpaired) electrons. The number of allylic oxidation sites excluding steroid dienone is 1. The zero-order chi connectivity index (χ0) is 16.0. The highest BCUT2D eigenvalue weighted by molar-refractivity contribution is 5.84. The molecule has 2 aromatic carbocycles. The summed E-state index contributed by atoms with van der Waals surface area (Å²) in [6.45, 7) is 0. The number of fused-ring (bicyclic) bond motifs is 1. The normalized spacial score (nSPS) is 20.6. The summed E-state index contributed by atoms with van der Waals surface area (Å²) in [5.41, 5.74) is 3.02. The number of carbonyl (C=O) groups is 1. The molecule has 0 amide bonds. The standard InChI is InChI=1S/C19H16FNO2/c20-13-5-7-14(8-6-13)21-16-11-12-3-1-2-4-15(12)17(16)19(9-10-19)18(22)23/h1-8,11,17,21H,9-10H2,(H,22,23). The fourth-order valence-corrected chi connectivity index (χ4v) is 3.49. The summed E-state index contributed by atoms with van der Waals surface area (Å²) < 4.78 is 13.1. The Balaban J connectivity index is 1.73. The first kappa shape index (κ1) is 14.0. The summed E-state index contributed by atoms with van der Waals surface area (Å²) in [6.07, 6.45) is 3.37. The summed E-state index contributed by atoms with van der Waals surface area (Å²) >= 11 is 0. The molecule has 1 atom stereocenters. The highest BCUT2D eigenvalue weighted by atomic mass is 19.1. The summed E-state index contributed by atoms with van der Waals surface area (Å²) in [5.74, 6) is -1.22. The number of rotatable bonds is 4. The van der Waals surface area contributed by atoms with Gasteiger partial charge in [0.15, 0.2) is 0 Å². The van der Waals surface area contributed by atoms with Crippen molar-refractivity contribution >= 4 is 17.7 Å². The van der Waals surface area contributed by atoms with E-state index >= 15 is 0 Å². The van der Waals surface area contributed by atoms with Crippen LogP contribution in [0.5, 0.6) is 0 Å². The average Bonchev–Trinajstić information content (AvgIpc) is 3.26. The van der Waals surface area contributed by atoms with E-state index in [0.29, 0.717) is 12.8 Å². The Bertz CT molecular complexity index is 806. The number of hydrogen-bond donors (Lipinski definition) is 2. The van der Waals surface area contributed by atoms with Crippen LogP contribution < -0.4 is 5.32 Å². The molecular formula is C19H16FNO2. The number of nitrogens with one attached hydrogen (secondary N) is 1. The third kappa shape index (κ3) is 2.22. The minimum Gasteiger partial charge on any atom is -0.481 e. The van der Waals surface area contributed by atoms with E-state index in [1.807, 2.05) is 30.3 Å². The van der Waals surface area contributed by atoms with Crippen LogP contribution in [-0.4, -0.2) is 11.1 Å². The lowest BCUT2D eigenvalue weighted by Crippen LogP contribution is -2.26. The van der Waals surface area contributed by atoms with Crippen molar-refractivity contribution in [3.8, 4) is 0 Å². The van der Waals surface area contributed by atoms with E-state index in [0.717, 1.165) is 22.5 Å². The maximum absolute atomic E-state index is 13.1. The number of benzene rings is 2. The molecule has 4 heteroatoms. The van der Waals surface area contributed by atoms with Crippen LogP contribution in [0, 0.1) is 11.2 Å². The predicted octanol–water partition coefficient (Wildman–Crippen LogP) is 4.24. The molecule has 2 aliphatic carbocycles. The van der Waals surface area contributed by atoms with Crippen molar-refractivity contribution in [2.45, 2.75) is 18.8 Å². The Kier molecular flexibility index (Phi) is 3.01. The Morgan fingerprint density at radius 1 is 1.13 bits per heavy atom. The summed E-state index contributed by atoms with van der Waals surface area (Å²) in [5, 5.41) is 13.0. The Morgan fingerprint density at radius 2 is 1.83 bits per heavy atom. The molecule has 0 saturated heterocycles. The average molecular weight is 309 g/mol. The van der Waals surface area contributed by atoms with Crippen molar-refractivity contribution in [2.24, 2.45) is 5.41 Å². The first-order valence-corrected chi connectivity index (χ1v) is 7.67. The number of aliphatic carboxylic acids is 1. The van der Waals surface area contributed by atoms with Gasteiger partial charge in [0.2, 0.25) is 0 Å². The summed E-state index contributed by atoms with van der Waals surface area (Å²) in [7, 11) is 0. The number of hydrogen-bond acceptors (Lipinski definition) is 2. The second-order valence-corrected chi connectivity index (χ2v) is 6.25. The maximum atomic E-state index is 13.1. The van der Waals surface area contributed by atoms with Crippen molar-refractivity contribution in [1.29, 1.82) is 0 Å².